The summed E-state index contributed by atoms with van der Waals surface area (Å²) in [4.78, 5) is 28.8. The van der Waals surface area contributed by atoms with E-state index < -0.39 is 36.7 Å². The molecule has 12 heteroatoms. The minimum absolute atomic E-state index is 0. The summed E-state index contributed by atoms with van der Waals surface area (Å²) in [5.41, 5.74) is 0.850. The molecule has 0 bridgehead atoms. The third-order valence-electron chi connectivity index (χ3n) is 4.69. The van der Waals surface area contributed by atoms with Crippen LogP contribution in [-0.2, 0) is 4.79 Å². The number of carbonyl (C=O) groups excluding carboxylic acids is 1. The number of nitrogens with one attached hydrogen (secondary N) is 2. The highest BCUT2D eigenvalue weighted by Gasteiger charge is 2.39. The van der Waals surface area contributed by atoms with Crippen molar-refractivity contribution in [1.82, 2.24) is 25.3 Å². The molecule has 2 N–H and O–H groups in total. The van der Waals surface area contributed by atoms with Crippen molar-refractivity contribution < 1.29 is 28.2 Å². The SMILES string of the molecule is O=C(NCC(F)(F)F)[C@H]1C[C@H](F)CN1c1ccnc(-c2c[nH]c3ncc(F)cc23)n1.[HH]. The van der Waals surface area contributed by atoms with Gasteiger partial charge in [-0.15, -0.1) is 0 Å². The van der Waals surface area contributed by atoms with Gasteiger partial charge in [0.15, 0.2) is 5.82 Å². The van der Waals surface area contributed by atoms with Gasteiger partial charge in [-0.25, -0.2) is 23.7 Å². The number of halogens is 5. The lowest BCUT2D eigenvalue weighted by Crippen LogP contribution is -2.46. The molecule has 3 aromatic heterocycles. The van der Waals surface area contributed by atoms with Crippen LogP contribution in [0.25, 0.3) is 22.4 Å². The van der Waals surface area contributed by atoms with Crippen LogP contribution in [0.1, 0.15) is 7.85 Å². The molecule has 30 heavy (non-hydrogen) atoms. The van der Waals surface area contributed by atoms with E-state index in [2.05, 4.69) is 19.9 Å². The van der Waals surface area contributed by atoms with Gasteiger partial charge in [-0.1, -0.05) is 0 Å². The number of aromatic amines is 1. The predicted octanol–water partition coefficient (Wildman–Crippen LogP) is 3.00. The molecule has 4 rings (SSSR count). The van der Waals surface area contributed by atoms with Crippen LogP contribution in [0.5, 0.6) is 0 Å². The van der Waals surface area contributed by atoms with Crippen molar-refractivity contribution in [3.8, 4) is 11.4 Å². The second kappa shape index (κ2) is 7.50. The van der Waals surface area contributed by atoms with Gasteiger partial charge in [0, 0.05) is 31.2 Å². The molecule has 1 aliphatic rings. The van der Waals surface area contributed by atoms with Crippen molar-refractivity contribution in [2.24, 2.45) is 0 Å². The van der Waals surface area contributed by atoms with Crippen molar-refractivity contribution in [3.05, 3.63) is 36.5 Å². The van der Waals surface area contributed by atoms with Crippen molar-refractivity contribution in [1.29, 1.82) is 0 Å². The third-order valence-corrected chi connectivity index (χ3v) is 4.69. The Hall–Kier alpha value is -3.31. The van der Waals surface area contributed by atoms with Crippen LogP contribution in [0.3, 0.4) is 0 Å². The molecule has 0 saturated carbocycles. The van der Waals surface area contributed by atoms with E-state index >= 15 is 0 Å². The smallest absolute Gasteiger partial charge is 0.345 e. The first-order valence-electron chi connectivity index (χ1n) is 8.92. The molecule has 3 aromatic rings. The molecular formula is C18H17F5N6O. The molecule has 1 saturated heterocycles. The first-order chi connectivity index (χ1) is 14.2. The minimum atomic E-state index is -4.57. The van der Waals surface area contributed by atoms with Crippen LogP contribution in [-0.4, -0.2) is 57.3 Å². The Labute approximate surface area is 167 Å². The molecular weight excluding hydrogens is 411 g/mol. The van der Waals surface area contributed by atoms with E-state index in [1.54, 1.807) is 5.32 Å². The van der Waals surface area contributed by atoms with Crippen LogP contribution < -0.4 is 10.2 Å². The second-order valence-corrected chi connectivity index (χ2v) is 6.82. The number of hydrogen-bond acceptors (Lipinski definition) is 5. The van der Waals surface area contributed by atoms with Gasteiger partial charge >= 0.3 is 6.18 Å². The van der Waals surface area contributed by atoms with Gasteiger partial charge in [-0.05, 0) is 12.1 Å². The summed E-state index contributed by atoms with van der Waals surface area (Å²) in [6.07, 6.45) is -2.28. The monoisotopic (exact) mass is 428 g/mol. The first-order valence-corrected chi connectivity index (χ1v) is 8.92. The van der Waals surface area contributed by atoms with Crippen molar-refractivity contribution in [2.75, 3.05) is 18.0 Å². The Morgan fingerprint density at radius 3 is 2.93 bits per heavy atom. The predicted molar refractivity (Wildman–Crippen MR) is 98.9 cm³/mol. The van der Waals surface area contributed by atoms with Gasteiger partial charge < -0.3 is 15.2 Å². The Bertz CT molecular complexity index is 1090. The number of anilines is 1. The number of alkyl halides is 4. The number of H-pyrrole nitrogens is 1. The lowest BCUT2D eigenvalue weighted by molar-refractivity contribution is -0.139. The highest BCUT2D eigenvalue weighted by atomic mass is 19.4. The van der Waals surface area contributed by atoms with E-state index in [9.17, 15) is 26.7 Å². The summed E-state index contributed by atoms with van der Waals surface area (Å²) < 4.78 is 64.8. The number of rotatable bonds is 4. The molecule has 0 radical (unpaired) electrons. The van der Waals surface area contributed by atoms with Crippen LogP contribution in [0.15, 0.2) is 30.7 Å². The summed E-state index contributed by atoms with van der Waals surface area (Å²) in [6, 6.07) is 1.54. The maximum absolute atomic E-state index is 14.0. The summed E-state index contributed by atoms with van der Waals surface area (Å²) >= 11 is 0. The van der Waals surface area contributed by atoms with Crippen molar-refractivity contribution in [3.63, 3.8) is 0 Å². The fraction of sp³-hybridized carbons (Fsp3) is 0.333. The Balaban J connectivity index is 0.00000272. The topological polar surface area (TPSA) is 86.8 Å². The Kier molecular flexibility index (Phi) is 5.00. The molecule has 7 nitrogen and oxygen atoms in total. The zero-order valence-electron chi connectivity index (χ0n) is 15.2. The van der Waals surface area contributed by atoms with Gasteiger partial charge in [-0.2, -0.15) is 13.2 Å². The fourth-order valence-electron chi connectivity index (χ4n) is 3.39. The molecule has 1 amide bonds. The van der Waals surface area contributed by atoms with E-state index in [-0.39, 0.29) is 26.0 Å². The molecule has 2 atom stereocenters. The fourth-order valence-corrected chi connectivity index (χ4v) is 3.39. The lowest BCUT2D eigenvalue weighted by Gasteiger charge is -2.24. The molecule has 160 valence electrons. The van der Waals surface area contributed by atoms with E-state index in [0.717, 1.165) is 6.20 Å². The van der Waals surface area contributed by atoms with Crippen LogP contribution >= 0.6 is 0 Å². The number of fused-ring (bicyclic) bond motifs is 1. The van der Waals surface area contributed by atoms with Gasteiger partial charge in [0.1, 0.15) is 36.0 Å². The highest BCUT2D eigenvalue weighted by molar-refractivity contribution is 5.92. The largest absolute Gasteiger partial charge is 0.405 e. The average molecular weight is 428 g/mol. The van der Waals surface area contributed by atoms with Crippen molar-refractivity contribution in [2.45, 2.75) is 24.8 Å². The Morgan fingerprint density at radius 1 is 1.37 bits per heavy atom. The van der Waals surface area contributed by atoms with Crippen LogP contribution in [0, 0.1) is 5.82 Å². The number of aromatic nitrogens is 4. The molecule has 4 heterocycles. The van der Waals surface area contributed by atoms with E-state index in [1.807, 2.05) is 0 Å². The number of pyridine rings is 1. The van der Waals surface area contributed by atoms with Crippen molar-refractivity contribution >= 4 is 22.8 Å². The normalized spacial score (nSPS) is 19.4. The molecule has 1 aliphatic heterocycles. The van der Waals surface area contributed by atoms with E-state index in [1.165, 1.54) is 29.4 Å². The summed E-state index contributed by atoms with van der Waals surface area (Å²) in [6.45, 7) is -1.71. The standard InChI is InChI=1S/C18H15F5N6O.H2/c19-9-3-11-12(6-26-15(11)25-5-9)16-24-2-1-14(28-16)29-7-10(20)4-13(29)17(30)27-8-18(21,22)23;/h1-3,5-6,10,13H,4,7-8H2,(H,25,26)(H,27,30);1H/t10-,13+;/m0./s1. The minimum Gasteiger partial charge on any atom is -0.345 e. The number of amides is 1. The van der Waals surface area contributed by atoms with Gasteiger partial charge in [0.25, 0.3) is 0 Å². The summed E-state index contributed by atoms with van der Waals surface area (Å²) in [5, 5.41) is 2.21. The second-order valence-electron chi connectivity index (χ2n) is 6.82. The molecule has 1 fully saturated rings. The Morgan fingerprint density at radius 2 is 2.17 bits per heavy atom. The zero-order chi connectivity index (χ0) is 21.5. The molecule has 0 aliphatic carbocycles. The van der Waals surface area contributed by atoms with Crippen LogP contribution in [0.4, 0.5) is 27.8 Å². The summed E-state index contributed by atoms with van der Waals surface area (Å²) in [7, 11) is 0. The number of carbonyl (C=O) groups is 1. The van der Waals surface area contributed by atoms with Gasteiger partial charge in [0.05, 0.1) is 12.7 Å². The summed E-state index contributed by atoms with van der Waals surface area (Å²) in [5.74, 6) is -1.15. The van der Waals surface area contributed by atoms with Gasteiger partial charge in [0.2, 0.25) is 5.91 Å². The first kappa shape index (κ1) is 20.0. The number of hydrogen-bond donors (Lipinski definition) is 2. The lowest BCUT2D eigenvalue weighted by atomic mass is 10.2. The number of nitrogens with zero attached hydrogens (tertiary/aromatic N) is 4. The highest BCUT2D eigenvalue weighted by Crippen LogP contribution is 2.30. The molecule has 0 spiro atoms. The molecule has 0 aromatic carbocycles. The van der Waals surface area contributed by atoms with Gasteiger partial charge in [-0.3, -0.25) is 4.79 Å². The van der Waals surface area contributed by atoms with Crippen LogP contribution in [0.2, 0.25) is 0 Å². The quantitative estimate of drug-likeness (QED) is 0.624. The zero-order valence-corrected chi connectivity index (χ0v) is 15.2. The maximum atomic E-state index is 14.0. The van der Waals surface area contributed by atoms with E-state index in [0.29, 0.717) is 16.6 Å². The molecule has 0 unspecified atom stereocenters. The maximum Gasteiger partial charge on any atom is 0.405 e. The average Bonchev–Trinajstić information content (AvgIpc) is 3.29. The third kappa shape index (κ3) is 4.02. The van der Waals surface area contributed by atoms with E-state index in [4.69, 9.17) is 0 Å².